The Balaban J connectivity index is 1.70. The summed E-state index contributed by atoms with van der Waals surface area (Å²) in [6.45, 7) is 0.386. The summed E-state index contributed by atoms with van der Waals surface area (Å²) in [5, 5.41) is 0. The van der Waals surface area contributed by atoms with E-state index in [1.165, 1.54) is 0 Å². The van der Waals surface area contributed by atoms with E-state index in [1.807, 2.05) is 48.5 Å². The first-order valence-corrected chi connectivity index (χ1v) is 6.11. The number of hydrogen-bond donors (Lipinski definition) is 1. The number of benzene rings is 2. The lowest BCUT2D eigenvalue weighted by molar-refractivity contribution is 0.185. The van der Waals surface area contributed by atoms with Crippen molar-refractivity contribution in [3.63, 3.8) is 0 Å². The molecule has 0 atom stereocenters. The van der Waals surface area contributed by atoms with Crippen LogP contribution in [0.5, 0.6) is 11.5 Å². The van der Waals surface area contributed by atoms with Crippen molar-refractivity contribution in [2.75, 3.05) is 6.61 Å². The molecule has 4 rings (SSSR count). The summed E-state index contributed by atoms with van der Waals surface area (Å²) in [4.78, 5) is 7.75. The largest absolute Gasteiger partial charge is 0.485 e. The molecule has 0 saturated carbocycles. The van der Waals surface area contributed by atoms with Crippen LogP contribution in [0.3, 0.4) is 0 Å². The molecule has 0 saturated heterocycles. The van der Waals surface area contributed by atoms with Gasteiger partial charge in [-0.2, -0.15) is 0 Å². The molecule has 0 spiro atoms. The first-order chi connectivity index (χ1) is 9.40. The number of nitrogens with one attached hydrogen (secondary N) is 1. The molecule has 1 aromatic heterocycles. The average Bonchev–Trinajstić information content (AvgIpc) is 2.90. The van der Waals surface area contributed by atoms with E-state index < -0.39 is 0 Å². The Bertz CT molecular complexity index is 703. The normalized spacial score (nSPS) is 14.7. The summed E-state index contributed by atoms with van der Waals surface area (Å²) in [6, 6.07) is 15.5. The molecule has 3 aromatic rings. The van der Waals surface area contributed by atoms with Crippen LogP contribution in [0.15, 0.2) is 48.5 Å². The molecule has 0 unspecified atom stereocenters. The molecule has 2 heterocycles. The topological polar surface area (TPSA) is 47.1 Å². The summed E-state index contributed by atoms with van der Waals surface area (Å²) < 4.78 is 11.5. The lowest BCUT2D eigenvalue weighted by atomic mass is 10.2. The van der Waals surface area contributed by atoms with Crippen LogP contribution in [0, 0.1) is 6.10 Å². The molecule has 1 N–H and O–H groups in total. The van der Waals surface area contributed by atoms with Crippen LogP contribution in [0.4, 0.5) is 0 Å². The van der Waals surface area contributed by atoms with Crippen LogP contribution >= 0.6 is 0 Å². The van der Waals surface area contributed by atoms with Crippen molar-refractivity contribution in [2.45, 2.75) is 0 Å². The average molecular weight is 251 g/mol. The van der Waals surface area contributed by atoms with E-state index in [1.54, 1.807) is 0 Å². The van der Waals surface area contributed by atoms with Gasteiger partial charge in [0, 0.05) is 0 Å². The number of H-pyrrole nitrogens is 1. The third kappa shape index (κ3) is 1.73. The fraction of sp³-hybridized carbons (Fsp3) is 0.0667. The fourth-order valence-corrected chi connectivity index (χ4v) is 2.16. The van der Waals surface area contributed by atoms with Gasteiger partial charge in [0.2, 0.25) is 6.10 Å². The van der Waals surface area contributed by atoms with Gasteiger partial charge in [-0.1, -0.05) is 24.3 Å². The second-order valence-electron chi connectivity index (χ2n) is 4.36. The van der Waals surface area contributed by atoms with Gasteiger partial charge in [0.25, 0.3) is 0 Å². The molecule has 93 valence electrons. The van der Waals surface area contributed by atoms with Crippen molar-refractivity contribution in [2.24, 2.45) is 0 Å². The minimum absolute atomic E-state index is 0.386. The third-order valence-electron chi connectivity index (χ3n) is 3.09. The Morgan fingerprint density at radius 2 is 1.74 bits per heavy atom. The van der Waals surface area contributed by atoms with Crippen LogP contribution in [-0.4, -0.2) is 16.6 Å². The maximum absolute atomic E-state index is 5.85. The fourth-order valence-electron chi connectivity index (χ4n) is 2.16. The minimum atomic E-state index is 0.386. The van der Waals surface area contributed by atoms with E-state index >= 15 is 0 Å². The van der Waals surface area contributed by atoms with Crippen LogP contribution in [-0.2, 0) is 0 Å². The van der Waals surface area contributed by atoms with Gasteiger partial charge in [0.1, 0.15) is 6.61 Å². The SMILES string of the molecule is c1ccc2c(c1)OC[C](c1nc3ccccc3[nH]1)O2. The van der Waals surface area contributed by atoms with Gasteiger partial charge in [-0.05, 0) is 24.3 Å². The number of para-hydroxylation sites is 4. The molecular weight excluding hydrogens is 240 g/mol. The highest BCUT2D eigenvalue weighted by Crippen LogP contribution is 2.34. The van der Waals surface area contributed by atoms with Crippen LogP contribution in [0.2, 0.25) is 0 Å². The van der Waals surface area contributed by atoms with Gasteiger partial charge in [-0.3, -0.25) is 0 Å². The third-order valence-corrected chi connectivity index (χ3v) is 3.09. The predicted octanol–water partition coefficient (Wildman–Crippen LogP) is 2.91. The Kier molecular flexibility index (Phi) is 2.21. The second-order valence-corrected chi connectivity index (χ2v) is 4.36. The lowest BCUT2D eigenvalue weighted by Crippen LogP contribution is -2.23. The van der Waals surface area contributed by atoms with E-state index in [9.17, 15) is 0 Å². The van der Waals surface area contributed by atoms with Crippen molar-refractivity contribution >= 4 is 11.0 Å². The number of ether oxygens (including phenoxy) is 2. The lowest BCUT2D eigenvalue weighted by Gasteiger charge is -2.23. The first-order valence-electron chi connectivity index (χ1n) is 6.11. The maximum atomic E-state index is 5.85. The standard InChI is InChI=1S/C15H11N2O2/c1-2-6-11-10(5-1)16-15(17-11)14-9-18-12-7-3-4-8-13(12)19-14/h1-8H,9H2,(H,16,17). The molecule has 4 heteroatoms. The summed E-state index contributed by atoms with van der Waals surface area (Å²) >= 11 is 0. The molecule has 2 aromatic carbocycles. The molecule has 19 heavy (non-hydrogen) atoms. The number of aromatic amines is 1. The highest BCUT2D eigenvalue weighted by atomic mass is 16.6. The maximum Gasteiger partial charge on any atom is 0.249 e. The van der Waals surface area contributed by atoms with E-state index in [2.05, 4.69) is 9.97 Å². The number of hydrogen-bond acceptors (Lipinski definition) is 3. The number of imidazole rings is 1. The Labute approximate surface area is 110 Å². The Morgan fingerprint density at radius 1 is 0.947 bits per heavy atom. The molecule has 0 bridgehead atoms. The molecule has 0 fully saturated rings. The van der Waals surface area contributed by atoms with Crippen LogP contribution in [0.25, 0.3) is 11.0 Å². The monoisotopic (exact) mass is 251 g/mol. The van der Waals surface area contributed by atoms with Gasteiger partial charge < -0.3 is 14.5 Å². The zero-order chi connectivity index (χ0) is 12.7. The summed E-state index contributed by atoms with van der Waals surface area (Å²) in [7, 11) is 0. The van der Waals surface area contributed by atoms with Crippen LogP contribution < -0.4 is 9.47 Å². The zero-order valence-electron chi connectivity index (χ0n) is 10.1. The summed E-state index contributed by atoms with van der Waals surface area (Å²) in [6.07, 6.45) is 0.704. The van der Waals surface area contributed by atoms with Gasteiger partial charge in [0.05, 0.1) is 11.0 Å². The molecule has 1 aliphatic rings. The molecule has 0 amide bonds. The summed E-state index contributed by atoms with van der Waals surface area (Å²) in [5.41, 5.74) is 1.92. The number of fused-ring (bicyclic) bond motifs is 2. The van der Waals surface area contributed by atoms with Crippen molar-refractivity contribution in [1.29, 1.82) is 0 Å². The predicted molar refractivity (Wildman–Crippen MR) is 71.0 cm³/mol. The number of aromatic nitrogens is 2. The zero-order valence-corrected chi connectivity index (χ0v) is 10.1. The van der Waals surface area contributed by atoms with Crippen molar-refractivity contribution in [3.8, 4) is 11.5 Å². The number of rotatable bonds is 1. The first kappa shape index (κ1) is 10.4. The highest BCUT2D eigenvalue weighted by Gasteiger charge is 2.26. The second kappa shape index (κ2) is 4.02. The van der Waals surface area contributed by atoms with Crippen molar-refractivity contribution < 1.29 is 9.47 Å². The molecule has 0 aliphatic carbocycles. The quantitative estimate of drug-likeness (QED) is 0.723. The molecule has 4 nitrogen and oxygen atoms in total. The highest BCUT2D eigenvalue weighted by molar-refractivity contribution is 5.75. The van der Waals surface area contributed by atoms with Gasteiger partial charge in [-0.15, -0.1) is 0 Å². The molecule has 1 radical (unpaired) electrons. The van der Waals surface area contributed by atoms with Crippen molar-refractivity contribution in [3.05, 3.63) is 60.5 Å². The smallest absolute Gasteiger partial charge is 0.249 e. The summed E-state index contributed by atoms with van der Waals surface area (Å²) in [5.74, 6) is 2.21. The Morgan fingerprint density at radius 3 is 2.63 bits per heavy atom. The molecular formula is C15H11N2O2. The van der Waals surface area contributed by atoms with Crippen molar-refractivity contribution in [1.82, 2.24) is 9.97 Å². The van der Waals surface area contributed by atoms with E-state index in [-0.39, 0.29) is 0 Å². The Hall–Kier alpha value is -2.49. The number of nitrogens with zero attached hydrogens (tertiary/aromatic N) is 1. The van der Waals surface area contributed by atoms with E-state index in [0.29, 0.717) is 12.7 Å². The van der Waals surface area contributed by atoms with Gasteiger partial charge in [-0.25, -0.2) is 4.98 Å². The van der Waals surface area contributed by atoms with Gasteiger partial charge in [0.15, 0.2) is 17.3 Å². The minimum Gasteiger partial charge on any atom is -0.485 e. The van der Waals surface area contributed by atoms with Crippen LogP contribution in [0.1, 0.15) is 5.82 Å². The molecule has 1 aliphatic heterocycles. The van der Waals surface area contributed by atoms with E-state index in [0.717, 1.165) is 28.4 Å². The van der Waals surface area contributed by atoms with E-state index in [4.69, 9.17) is 9.47 Å². The van der Waals surface area contributed by atoms with Gasteiger partial charge >= 0.3 is 0 Å².